The first-order valence-electron chi connectivity index (χ1n) is 11.2. The number of hydrogen-bond acceptors (Lipinski definition) is 10. The molecule has 1 aliphatic heterocycles. The minimum absolute atomic E-state index is 0.0603. The first-order valence-corrected chi connectivity index (χ1v) is 12.2. The second-order valence-electron chi connectivity index (χ2n) is 7.54. The number of amides is 1. The van der Waals surface area contributed by atoms with E-state index in [-0.39, 0.29) is 23.2 Å². The van der Waals surface area contributed by atoms with Crippen molar-refractivity contribution in [3.05, 3.63) is 59.9 Å². The summed E-state index contributed by atoms with van der Waals surface area (Å²) >= 11 is 1.09. The van der Waals surface area contributed by atoms with Crippen molar-refractivity contribution in [3.63, 3.8) is 0 Å². The van der Waals surface area contributed by atoms with E-state index < -0.39 is 5.90 Å². The summed E-state index contributed by atoms with van der Waals surface area (Å²) in [5, 5.41) is 16.6. The number of anilines is 1. The fraction of sp³-hybridized carbons (Fsp3) is 0.240. The highest BCUT2D eigenvalue weighted by atomic mass is 32.2. The Morgan fingerprint density at radius 1 is 1.14 bits per heavy atom. The molecule has 3 aromatic rings. The third-order valence-corrected chi connectivity index (χ3v) is 6.18. The third-order valence-electron chi connectivity index (χ3n) is 5.25. The molecule has 0 atom stereocenters. The molecule has 1 aromatic heterocycles. The molecule has 11 nitrogen and oxygen atoms in total. The van der Waals surface area contributed by atoms with Crippen LogP contribution in [0.1, 0.15) is 12.5 Å². The number of amidine groups is 1. The number of hydrogen-bond donors (Lipinski definition) is 0. The van der Waals surface area contributed by atoms with Crippen molar-refractivity contribution in [2.45, 2.75) is 13.5 Å². The lowest BCUT2D eigenvalue weighted by molar-refractivity contribution is -0.759. The van der Waals surface area contributed by atoms with E-state index in [1.807, 2.05) is 25.1 Å². The van der Waals surface area contributed by atoms with Crippen molar-refractivity contribution in [3.8, 4) is 17.2 Å². The van der Waals surface area contributed by atoms with E-state index in [4.69, 9.17) is 18.7 Å². The van der Waals surface area contributed by atoms with Gasteiger partial charge in [0, 0.05) is 17.4 Å². The third kappa shape index (κ3) is 5.75. The summed E-state index contributed by atoms with van der Waals surface area (Å²) in [5.41, 5.74) is 1.36. The fourth-order valence-corrected chi connectivity index (χ4v) is 4.26. The van der Waals surface area contributed by atoms with E-state index in [0.29, 0.717) is 40.2 Å². The molecule has 0 spiro atoms. The highest BCUT2D eigenvalue weighted by Gasteiger charge is 2.32. The molecule has 0 radical (unpaired) electrons. The minimum atomic E-state index is -0.452. The Kier molecular flexibility index (Phi) is 8.08. The lowest BCUT2D eigenvalue weighted by Gasteiger charge is -2.18. The summed E-state index contributed by atoms with van der Waals surface area (Å²) in [7, 11) is 4.57. The molecule has 37 heavy (non-hydrogen) atoms. The lowest BCUT2D eigenvalue weighted by atomic mass is 10.1. The van der Waals surface area contributed by atoms with Crippen LogP contribution in [0.3, 0.4) is 0 Å². The van der Waals surface area contributed by atoms with E-state index in [1.54, 1.807) is 30.3 Å². The van der Waals surface area contributed by atoms with Gasteiger partial charge in [-0.25, -0.2) is 9.98 Å². The quantitative estimate of drug-likeness (QED) is 0.181. The van der Waals surface area contributed by atoms with Crippen LogP contribution in [-0.4, -0.2) is 49.3 Å². The van der Waals surface area contributed by atoms with Gasteiger partial charge in [0.25, 0.3) is 12.1 Å². The van der Waals surface area contributed by atoms with E-state index >= 15 is 0 Å². The van der Waals surface area contributed by atoms with Crippen molar-refractivity contribution in [2.75, 3.05) is 32.0 Å². The Labute approximate surface area is 217 Å². The lowest BCUT2D eigenvalue weighted by Crippen LogP contribution is -2.32. The van der Waals surface area contributed by atoms with Gasteiger partial charge in [-0.3, -0.25) is 14.2 Å². The van der Waals surface area contributed by atoms with Crippen molar-refractivity contribution in [1.82, 2.24) is 5.27 Å². The fourth-order valence-electron chi connectivity index (χ4n) is 3.46. The molecular formula is C25H25N5O6S. The maximum atomic E-state index is 13.5. The van der Waals surface area contributed by atoms with E-state index in [1.165, 1.54) is 37.1 Å². The Morgan fingerprint density at radius 2 is 1.84 bits per heavy atom. The molecule has 0 saturated carbocycles. The number of thioether (sulfide) groups is 1. The number of nitrogens with zero attached hydrogens (tertiary/aromatic N) is 5. The highest BCUT2D eigenvalue weighted by Crippen LogP contribution is 2.37. The molecule has 2 aromatic carbocycles. The van der Waals surface area contributed by atoms with Crippen LogP contribution in [-0.2, 0) is 11.3 Å². The standard InChI is InChI=1S/C25H25N5O6S/c1-5-29-14-23(36-28-29)27-22(31)15-37-25-26-18(24(32)30(25)17-9-7-6-8-10-17)11-16-12-20(34-3)21(35-4)13-19(16)33-2/h6-14H,5,15H2,1-4H3/b18-11+. The van der Waals surface area contributed by atoms with Gasteiger partial charge < -0.3 is 19.3 Å². The average molecular weight is 524 g/mol. The van der Waals surface area contributed by atoms with Gasteiger partial charge in [-0.15, -0.1) is 0 Å². The zero-order chi connectivity index (χ0) is 26.4. The smallest absolute Gasteiger partial charge is 0.320 e. The number of carbonyl (C=O) groups is 1. The van der Waals surface area contributed by atoms with Gasteiger partial charge in [-0.05, 0) is 37.1 Å². The van der Waals surface area contributed by atoms with Gasteiger partial charge in [-0.1, -0.05) is 34.6 Å². The second kappa shape index (κ2) is 11.6. The number of benzene rings is 2. The van der Waals surface area contributed by atoms with E-state index in [0.717, 1.165) is 11.8 Å². The summed E-state index contributed by atoms with van der Waals surface area (Å²) in [6.07, 6.45) is 3.14. The number of ether oxygens (including phenoxy) is 3. The van der Waals surface area contributed by atoms with Gasteiger partial charge in [0.15, 0.2) is 23.2 Å². The predicted molar refractivity (Wildman–Crippen MR) is 137 cm³/mol. The molecule has 0 unspecified atom stereocenters. The number of aryl methyl sites for hydroxylation is 1. The van der Waals surface area contributed by atoms with Crippen LogP contribution in [0.25, 0.3) is 6.08 Å². The Hall–Kier alpha value is -4.32. The monoisotopic (exact) mass is 523 g/mol. The molecule has 1 amide bonds. The zero-order valence-electron chi connectivity index (χ0n) is 20.7. The molecule has 12 heteroatoms. The summed E-state index contributed by atoms with van der Waals surface area (Å²) in [4.78, 5) is 23.4. The Bertz CT molecular complexity index is 1370. The molecule has 0 bridgehead atoms. The van der Waals surface area contributed by atoms with Crippen molar-refractivity contribution < 1.29 is 33.3 Å². The Balaban J connectivity index is 1.66. The second-order valence-corrected chi connectivity index (χ2v) is 8.48. The topological polar surface area (TPSA) is 126 Å². The summed E-state index contributed by atoms with van der Waals surface area (Å²) in [6, 6.07) is 12.4. The minimum Gasteiger partial charge on any atom is -0.861 e. The van der Waals surface area contributed by atoms with E-state index in [2.05, 4.69) is 15.3 Å². The van der Waals surface area contributed by atoms with Crippen molar-refractivity contribution in [2.24, 2.45) is 9.98 Å². The average Bonchev–Trinajstić information content (AvgIpc) is 3.51. The van der Waals surface area contributed by atoms with Crippen LogP contribution in [0.2, 0.25) is 0 Å². The van der Waals surface area contributed by atoms with Gasteiger partial charge in [-0.2, -0.15) is 0 Å². The number of rotatable bonds is 9. The number of aromatic nitrogens is 2. The Morgan fingerprint density at radius 3 is 2.49 bits per heavy atom. The first-order chi connectivity index (χ1) is 18.0. The van der Waals surface area contributed by atoms with Crippen LogP contribution in [0.15, 0.2) is 68.9 Å². The summed E-state index contributed by atoms with van der Waals surface area (Å²) in [6.45, 7) is 2.48. The molecule has 0 fully saturated rings. The van der Waals surface area contributed by atoms with Crippen LogP contribution < -0.4 is 28.9 Å². The maximum Gasteiger partial charge on any atom is 0.320 e. The molecule has 1 aliphatic rings. The molecule has 2 heterocycles. The SMILES string of the molecule is CC[n+]1cc(/N=C(/[O-])CSC2=N/C(=C/c3cc(OC)c(OC)cc3OC)C(=O)N2c2ccccc2)on1. The van der Waals surface area contributed by atoms with Gasteiger partial charge in [0.2, 0.25) is 5.27 Å². The number of para-hydroxylation sites is 1. The number of carbonyl (C=O) groups excluding carboxylic acids is 1. The van der Waals surface area contributed by atoms with Crippen molar-refractivity contribution in [1.29, 1.82) is 0 Å². The van der Waals surface area contributed by atoms with Crippen LogP contribution >= 0.6 is 11.8 Å². The molecule has 4 rings (SSSR count). The van der Waals surface area contributed by atoms with Gasteiger partial charge in [0.05, 0.1) is 27.0 Å². The normalized spacial score (nSPS) is 14.8. The molecule has 0 aliphatic carbocycles. The summed E-state index contributed by atoms with van der Waals surface area (Å²) < 4.78 is 22.8. The molecule has 192 valence electrons. The molecule has 0 N–H and O–H groups in total. The summed E-state index contributed by atoms with van der Waals surface area (Å²) in [5.74, 6) is 0.686. The maximum absolute atomic E-state index is 13.5. The van der Waals surface area contributed by atoms with E-state index in [9.17, 15) is 9.90 Å². The highest BCUT2D eigenvalue weighted by molar-refractivity contribution is 8.14. The first kappa shape index (κ1) is 25.8. The number of methoxy groups -OCH3 is 3. The van der Waals surface area contributed by atoms with Crippen LogP contribution in [0.5, 0.6) is 17.2 Å². The largest absolute Gasteiger partial charge is 0.861 e. The predicted octanol–water partition coefficient (Wildman–Crippen LogP) is 2.58. The van der Waals surface area contributed by atoms with Crippen LogP contribution in [0.4, 0.5) is 11.6 Å². The van der Waals surface area contributed by atoms with Gasteiger partial charge >= 0.3 is 5.88 Å². The number of aliphatic imine (C=N–C) groups is 2. The van der Waals surface area contributed by atoms with Gasteiger partial charge in [0.1, 0.15) is 11.4 Å². The molecular weight excluding hydrogens is 498 g/mol. The zero-order valence-corrected chi connectivity index (χ0v) is 21.5. The van der Waals surface area contributed by atoms with Crippen molar-refractivity contribution >= 4 is 46.4 Å². The van der Waals surface area contributed by atoms with Crippen LogP contribution in [0, 0.1) is 0 Å². The molecule has 0 saturated heterocycles.